The van der Waals surface area contributed by atoms with Crippen LogP contribution >= 0.6 is 22.9 Å². The van der Waals surface area contributed by atoms with Crippen molar-refractivity contribution in [3.8, 4) is 5.75 Å². The van der Waals surface area contributed by atoms with E-state index in [1.165, 1.54) is 23.5 Å². The summed E-state index contributed by atoms with van der Waals surface area (Å²) in [6.45, 7) is 0.205. The van der Waals surface area contributed by atoms with E-state index < -0.39 is 0 Å². The molecule has 2 heterocycles. The molecule has 0 saturated carbocycles. The van der Waals surface area contributed by atoms with Gasteiger partial charge in [0.2, 0.25) is 4.96 Å². The van der Waals surface area contributed by atoms with Crippen LogP contribution in [0.4, 0.5) is 4.39 Å². The average Bonchev–Trinajstić information content (AvgIpc) is 3.17. The lowest BCUT2D eigenvalue weighted by molar-refractivity contribution is 0.292. The Hall–Kier alpha value is -2.51. The van der Waals surface area contributed by atoms with Gasteiger partial charge in [0.1, 0.15) is 23.2 Å². The molecular formula is C17H12ClFN4OS. The molecule has 0 amide bonds. The Balaban J connectivity index is 1.50. The molecule has 5 nitrogen and oxygen atoms in total. The van der Waals surface area contributed by atoms with Gasteiger partial charge >= 0.3 is 0 Å². The van der Waals surface area contributed by atoms with Crippen LogP contribution in [-0.4, -0.2) is 19.8 Å². The summed E-state index contributed by atoms with van der Waals surface area (Å²) < 4.78 is 20.2. The molecule has 0 bridgehead atoms. The SMILES string of the molecule is Fc1ccc(OCc2nnc3sc(Cc4ccc(Cl)cc4)nn23)cc1. The molecule has 0 fully saturated rings. The summed E-state index contributed by atoms with van der Waals surface area (Å²) in [4.78, 5) is 0.710. The molecule has 4 rings (SSSR count). The van der Waals surface area contributed by atoms with Crippen molar-refractivity contribution in [1.82, 2.24) is 19.8 Å². The first-order chi connectivity index (χ1) is 12.2. The predicted octanol–water partition coefficient (Wildman–Crippen LogP) is 4.15. The highest BCUT2D eigenvalue weighted by molar-refractivity contribution is 7.16. The second kappa shape index (κ2) is 6.78. The molecule has 0 radical (unpaired) electrons. The second-order valence-corrected chi connectivity index (χ2v) is 6.83. The smallest absolute Gasteiger partial charge is 0.234 e. The molecule has 126 valence electrons. The Kier molecular flexibility index (Phi) is 4.33. The second-order valence-electron chi connectivity index (χ2n) is 5.35. The van der Waals surface area contributed by atoms with Gasteiger partial charge < -0.3 is 4.74 Å². The van der Waals surface area contributed by atoms with Crippen molar-refractivity contribution in [3.63, 3.8) is 0 Å². The van der Waals surface area contributed by atoms with E-state index in [0.717, 1.165) is 10.6 Å². The van der Waals surface area contributed by atoms with Crippen LogP contribution in [0, 0.1) is 5.82 Å². The number of ether oxygens (including phenoxy) is 1. The number of hydrogen-bond acceptors (Lipinski definition) is 5. The summed E-state index contributed by atoms with van der Waals surface area (Å²) in [6.07, 6.45) is 0.698. The standard InChI is InChI=1S/C17H12ClFN4OS/c18-12-3-1-11(2-4-12)9-16-22-23-15(20-21-17(23)25-16)10-24-14-7-5-13(19)6-8-14/h1-8H,9-10H2. The molecular weight excluding hydrogens is 363 g/mol. The number of fused-ring (bicyclic) bond motifs is 1. The summed E-state index contributed by atoms with van der Waals surface area (Å²) in [5.74, 6) is 0.858. The van der Waals surface area contributed by atoms with Crippen molar-refractivity contribution >= 4 is 27.9 Å². The molecule has 2 aromatic heterocycles. The van der Waals surface area contributed by atoms with Crippen LogP contribution in [-0.2, 0) is 13.0 Å². The maximum absolute atomic E-state index is 12.9. The fraction of sp³-hybridized carbons (Fsp3) is 0.118. The molecule has 0 saturated heterocycles. The molecule has 4 aromatic rings. The zero-order chi connectivity index (χ0) is 17.2. The van der Waals surface area contributed by atoms with Crippen LogP contribution < -0.4 is 4.74 Å². The molecule has 0 atom stereocenters. The van der Waals surface area contributed by atoms with Gasteiger partial charge in [0.15, 0.2) is 5.82 Å². The minimum atomic E-state index is -0.302. The minimum absolute atomic E-state index is 0.205. The van der Waals surface area contributed by atoms with Gasteiger partial charge in [-0.1, -0.05) is 35.1 Å². The highest BCUT2D eigenvalue weighted by Crippen LogP contribution is 2.20. The van der Waals surface area contributed by atoms with Crippen molar-refractivity contribution < 1.29 is 9.13 Å². The van der Waals surface area contributed by atoms with E-state index in [1.54, 1.807) is 16.6 Å². The summed E-state index contributed by atoms with van der Waals surface area (Å²) in [5.41, 5.74) is 1.12. The third kappa shape index (κ3) is 3.62. The van der Waals surface area contributed by atoms with E-state index in [-0.39, 0.29) is 12.4 Å². The minimum Gasteiger partial charge on any atom is -0.486 e. The molecule has 0 spiro atoms. The van der Waals surface area contributed by atoms with Crippen molar-refractivity contribution in [2.45, 2.75) is 13.0 Å². The van der Waals surface area contributed by atoms with Crippen LogP contribution in [0.1, 0.15) is 16.4 Å². The zero-order valence-electron chi connectivity index (χ0n) is 12.9. The highest BCUT2D eigenvalue weighted by Gasteiger charge is 2.12. The monoisotopic (exact) mass is 374 g/mol. The first-order valence-corrected chi connectivity index (χ1v) is 8.69. The molecule has 2 aromatic carbocycles. The van der Waals surface area contributed by atoms with Crippen molar-refractivity contribution in [3.05, 3.63) is 75.8 Å². The number of benzene rings is 2. The number of rotatable bonds is 5. The number of aromatic nitrogens is 4. The van der Waals surface area contributed by atoms with Crippen LogP contribution in [0.25, 0.3) is 4.96 Å². The van der Waals surface area contributed by atoms with Gasteiger partial charge in [-0.2, -0.15) is 9.61 Å². The Labute approximate surface area is 151 Å². The van der Waals surface area contributed by atoms with E-state index in [9.17, 15) is 4.39 Å². The lowest BCUT2D eigenvalue weighted by Crippen LogP contribution is -2.03. The van der Waals surface area contributed by atoms with Gasteiger partial charge in [0.25, 0.3) is 0 Å². The Morgan fingerprint density at radius 3 is 2.56 bits per heavy atom. The van der Waals surface area contributed by atoms with Gasteiger partial charge in [-0.15, -0.1) is 10.2 Å². The normalized spacial score (nSPS) is 11.1. The Morgan fingerprint density at radius 2 is 1.80 bits per heavy atom. The molecule has 25 heavy (non-hydrogen) atoms. The van der Waals surface area contributed by atoms with Crippen LogP contribution in [0.3, 0.4) is 0 Å². The molecule has 8 heteroatoms. The van der Waals surface area contributed by atoms with E-state index in [4.69, 9.17) is 16.3 Å². The first kappa shape index (κ1) is 16.0. The van der Waals surface area contributed by atoms with Gasteiger partial charge in [-0.05, 0) is 42.0 Å². The molecule has 0 aliphatic rings. The highest BCUT2D eigenvalue weighted by atomic mass is 35.5. The van der Waals surface area contributed by atoms with Gasteiger partial charge in [0.05, 0.1) is 0 Å². The van der Waals surface area contributed by atoms with Crippen molar-refractivity contribution in [2.24, 2.45) is 0 Å². The average molecular weight is 375 g/mol. The topological polar surface area (TPSA) is 52.3 Å². The number of nitrogens with zero attached hydrogens (tertiary/aromatic N) is 4. The van der Waals surface area contributed by atoms with Gasteiger partial charge in [-0.3, -0.25) is 0 Å². The largest absolute Gasteiger partial charge is 0.486 e. The lowest BCUT2D eigenvalue weighted by Gasteiger charge is -2.03. The molecule has 0 aliphatic heterocycles. The summed E-state index contributed by atoms with van der Waals surface area (Å²) in [7, 11) is 0. The zero-order valence-corrected chi connectivity index (χ0v) is 14.5. The summed E-state index contributed by atoms with van der Waals surface area (Å²) in [5, 5.41) is 14.4. The fourth-order valence-electron chi connectivity index (χ4n) is 2.31. The van der Waals surface area contributed by atoms with E-state index >= 15 is 0 Å². The summed E-state index contributed by atoms with van der Waals surface area (Å²) >= 11 is 7.39. The van der Waals surface area contributed by atoms with Crippen LogP contribution in [0.5, 0.6) is 5.75 Å². The first-order valence-electron chi connectivity index (χ1n) is 7.50. The van der Waals surface area contributed by atoms with E-state index in [2.05, 4.69) is 15.3 Å². The number of halogens is 2. The predicted molar refractivity (Wildman–Crippen MR) is 93.6 cm³/mol. The van der Waals surface area contributed by atoms with E-state index in [1.807, 2.05) is 24.3 Å². The summed E-state index contributed by atoms with van der Waals surface area (Å²) in [6, 6.07) is 13.5. The Bertz CT molecular complexity index is 998. The van der Waals surface area contributed by atoms with Gasteiger partial charge in [0, 0.05) is 11.4 Å². The Morgan fingerprint density at radius 1 is 1.04 bits per heavy atom. The lowest BCUT2D eigenvalue weighted by atomic mass is 10.2. The third-order valence-corrected chi connectivity index (χ3v) is 4.70. The maximum atomic E-state index is 12.9. The number of hydrogen-bond donors (Lipinski definition) is 0. The molecule has 0 aliphatic carbocycles. The third-order valence-electron chi connectivity index (χ3n) is 3.55. The van der Waals surface area contributed by atoms with Crippen LogP contribution in [0.2, 0.25) is 5.02 Å². The molecule has 0 N–H and O–H groups in total. The van der Waals surface area contributed by atoms with Crippen molar-refractivity contribution in [2.75, 3.05) is 0 Å². The van der Waals surface area contributed by atoms with Crippen molar-refractivity contribution in [1.29, 1.82) is 0 Å². The maximum Gasteiger partial charge on any atom is 0.234 e. The van der Waals surface area contributed by atoms with E-state index in [0.29, 0.717) is 28.0 Å². The van der Waals surface area contributed by atoms with Crippen LogP contribution in [0.15, 0.2) is 48.5 Å². The molecule has 0 unspecified atom stereocenters. The quantitative estimate of drug-likeness (QED) is 0.526. The van der Waals surface area contributed by atoms with Gasteiger partial charge in [-0.25, -0.2) is 4.39 Å². The fourth-order valence-corrected chi connectivity index (χ4v) is 3.33.